The van der Waals surface area contributed by atoms with Gasteiger partial charge >= 0.3 is 5.97 Å². The Kier molecular flexibility index (Phi) is 3.42. The number of hydrogen-bond donors (Lipinski definition) is 1. The highest BCUT2D eigenvalue weighted by molar-refractivity contribution is 6.10. The molecule has 3 aromatic rings. The van der Waals surface area contributed by atoms with Crippen LogP contribution in [0.3, 0.4) is 0 Å². The number of carbonyl (C=O) groups excluding carboxylic acids is 2. The van der Waals surface area contributed by atoms with Gasteiger partial charge in [0, 0.05) is 7.05 Å². The van der Waals surface area contributed by atoms with Crippen LogP contribution in [0.15, 0.2) is 32.4 Å². The number of ether oxygens (including phenoxy) is 1. The largest absolute Gasteiger partial charge is 0.463 e. The highest BCUT2D eigenvalue weighted by atomic mass is 16.5. The number of esters is 1. The Bertz CT molecular complexity index is 1270. The van der Waals surface area contributed by atoms with Crippen LogP contribution in [-0.2, 0) is 11.8 Å². The number of fused-ring (bicyclic) bond motifs is 1. The Morgan fingerprint density at radius 3 is 2.70 bits per heavy atom. The summed E-state index contributed by atoms with van der Waals surface area (Å²) in [6, 6.07) is 4.82. The van der Waals surface area contributed by atoms with Crippen molar-refractivity contribution in [3.05, 3.63) is 50.2 Å². The lowest BCUT2D eigenvalue weighted by molar-refractivity contribution is -0.134. The van der Waals surface area contributed by atoms with Gasteiger partial charge in [-0.15, -0.1) is 0 Å². The number of aromatic nitrogens is 4. The lowest BCUT2D eigenvalue weighted by atomic mass is 10.1. The van der Waals surface area contributed by atoms with Gasteiger partial charge < -0.3 is 9.15 Å². The van der Waals surface area contributed by atoms with Crippen LogP contribution in [0.2, 0.25) is 0 Å². The van der Waals surface area contributed by atoms with Gasteiger partial charge in [0.1, 0.15) is 29.3 Å². The van der Waals surface area contributed by atoms with Gasteiger partial charge in [-0.3, -0.25) is 28.8 Å². The number of H-pyrrole nitrogens is 1. The number of nitrogens with zero attached hydrogens (tertiary/aromatic N) is 4. The summed E-state index contributed by atoms with van der Waals surface area (Å²) in [5.74, 6) is -1.89. The Balaban J connectivity index is 2.02. The quantitative estimate of drug-likeness (QED) is 0.486. The van der Waals surface area contributed by atoms with Crippen molar-refractivity contribution in [1.29, 1.82) is 5.26 Å². The Morgan fingerprint density at radius 2 is 2.04 bits per heavy atom. The van der Waals surface area contributed by atoms with E-state index >= 15 is 0 Å². The van der Waals surface area contributed by atoms with Crippen molar-refractivity contribution in [3.8, 4) is 29.4 Å². The maximum Gasteiger partial charge on any atom is 0.320 e. The summed E-state index contributed by atoms with van der Waals surface area (Å²) in [7, 11) is 1.30. The molecular formula is C16H9N5O6. The van der Waals surface area contributed by atoms with Crippen LogP contribution in [0.25, 0.3) is 17.4 Å². The van der Waals surface area contributed by atoms with Gasteiger partial charge in [-0.05, 0) is 12.1 Å². The molecule has 0 fully saturated rings. The van der Waals surface area contributed by atoms with E-state index in [1.807, 2.05) is 0 Å². The molecule has 0 bridgehead atoms. The van der Waals surface area contributed by atoms with E-state index < -0.39 is 29.3 Å². The van der Waals surface area contributed by atoms with Crippen molar-refractivity contribution in [1.82, 2.24) is 19.3 Å². The molecule has 0 saturated carbocycles. The Morgan fingerprint density at radius 1 is 1.26 bits per heavy atom. The van der Waals surface area contributed by atoms with Crippen molar-refractivity contribution in [2.75, 3.05) is 0 Å². The number of Topliss-reactive ketones (excluding diaryl/α,β-unsaturated/α-hetero) is 1. The molecule has 1 N–H and O–H groups in total. The molecular weight excluding hydrogens is 358 g/mol. The van der Waals surface area contributed by atoms with Crippen molar-refractivity contribution in [2.24, 2.45) is 7.05 Å². The first-order chi connectivity index (χ1) is 12.9. The maximum absolute atomic E-state index is 12.6. The Hall–Kier alpha value is -4.20. The standard InChI is InChI=1S/C16H9N5O6/c1-20-14(24)7(6-17)12(9-3-2-4-26-9)18-16(20)21-15(25)11-8(22)5-10(23)27-13(11)19-21/h2-4,19H,5H2,1H3. The number of furan rings is 1. The van der Waals surface area contributed by atoms with Crippen molar-refractivity contribution in [2.45, 2.75) is 6.42 Å². The fraction of sp³-hybridized carbons (Fsp3) is 0.125. The highest BCUT2D eigenvalue weighted by Crippen LogP contribution is 2.23. The van der Waals surface area contributed by atoms with Crippen LogP contribution in [0.5, 0.6) is 5.88 Å². The first-order valence-electron chi connectivity index (χ1n) is 7.56. The fourth-order valence-corrected chi connectivity index (χ4v) is 2.73. The summed E-state index contributed by atoms with van der Waals surface area (Å²) in [6.07, 6.45) is 0.782. The molecule has 0 aromatic carbocycles. The van der Waals surface area contributed by atoms with E-state index in [2.05, 4.69) is 10.1 Å². The summed E-state index contributed by atoms with van der Waals surface area (Å²) in [5.41, 5.74) is -2.24. The molecule has 0 unspecified atom stereocenters. The minimum Gasteiger partial charge on any atom is -0.463 e. The number of hydrogen-bond acceptors (Lipinski definition) is 8. The topological polar surface area (TPSA) is 153 Å². The molecule has 3 aromatic heterocycles. The second-order valence-corrected chi connectivity index (χ2v) is 5.62. The molecule has 4 heterocycles. The number of nitrogens with one attached hydrogen (secondary N) is 1. The highest BCUT2D eigenvalue weighted by Gasteiger charge is 2.32. The number of carbonyl (C=O) groups is 2. The van der Waals surface area contributed by atoms with Crippen molar-refractivity contribution < 1.29 is 18.7 Å². The van der Waals surface area contributed by atoms with Crippen LogP contribution in [-0.4, -0.2) is 31.1 Å². The summed E-state index contributed by atoms with van der Waals surface area (Å²) in [4.78, 5) is 52.8. The van der Waals surface area contributed by atoms with E-state index in [0.29, 0.717) is 0 Å². The first-order valence-corrected chi connectivity index (χ1v) is 7.56. The zero-order valence-electron chi connectivity index (χ0n) is 13.7. The van der Waals surface area contributed by atoms with Crippen LogP contribution in [0.1, 0.15) is 22.3 Å². The van der Waals surface area contributed by atoms with Gasteiger partial charge in [-0.2, -0.15) is 9.94 Å². The minimum absolute atomic E-state index is 0.0663. The molecule has 1 aliphatic rings. The molecule has 0 aliphatic carbocycles. The summed E-state index contributed by atoms with van der Waals surface area (Å²) in [6.45, 7) is 0. The van der Waals surface area contributed by atoms with E-state index in [4.69, 9.17) is 9.15 Å². The summed E-state index contributed by atoms with van der Waals surface area (Å²) < 4.78 is 11.8. The fourth-order valence-electron chi connectivity index (χ4n) is 2.73. The predicted octanol–water partition coefficient (Wildman–Crippen LogP) is -0.117. The monoisotopic (exact) mass is 367 g/mol. The van der Waals surface area contributed by atoms with E-state index in [-0.39, 0.29) is 34.4 Å². The second kappa shape index (κ2) is 5.67. The molecule has 0 atom stereocenters. The van der Waals surface area contributed by atoms with Gasteiger partial charge in [0.05, 0.1) is 6.26 Å². The van der Waals surface area contributed by atoms with Gasteiger partial charge in [-0.1, -0.05) is 0 Å². The van der Waals surface area contributed by atoms with Crippen LogP contribution >= 0.6 is 0 Å². The molecule has 11 nitrogen and oxygen atoms in total. The lowest BCUT2D eigenvalue weighted by Gasteiger charge is -2.10. The average Bonchev–Trinajstić information content (AvgIpc) is 3.25. The Labute approximate surface area is 149 Å². The van der Waals surface area contributed by atoms with Crippen LogP contribution in [0, 0.1) is 11.3 Å². The van der Waals surface area contributed by atoms with Crippen molar-refractivity contribution in [3.63, 3.8) is 0 Å². The molecule has 0 spiro atoms. The molecule has 0 amide bonds. The first kappa shape index (κ1) is 16.3. The molecule has 0 saturated heterocycles. The normalized spacial score (nSPS) is 13.2. The number of ketones is 1. The van der Waals surface area contributed by atoms with E-state index in [1.54, 1.807) is 12.1 Å². The van der Waals surface area contributed by atoms with Gasteiger partial charge in [0.15, 0.2) is 11.5 Å². The maximum atomic E-state index is 12.6. The number of nitriles is 1. The number of rotatable bonds is 2. The second-order valence-electron chi connectivity index (χ2n) is 5.62. The SMILES string of the molecule is Cn1c(-n2[nH]c3c(c2=O)C(=O)CC(=O)O3)nc(-c2ccco2)c(C#N)c1=O. The molecule has 0 radical (unpaired) electrons. The lowest BCUT2D eigenvalue weighted by Crippen LogP contribution is -2.31. The third kappa shape index (κ3) is 2.31. The smallest absolute Gasteiger partial charge is 0.320 e. The van der Waals surface area contributed by atoms with E-state index in [1.165, 1.54) is 19.4 Å². The molecule has 27 heavy (non-hydrogen) atoms. The van der Waals surface area contributed by atoms with Crippen LogP contribution < -0.4 is 15.9 Å². The zero-order valence-corrected chi connectivity index (χ0v) is 13.7. The number of aromatic amines is 1. The van der Waals surface area contributed by atoms with E-state index in [0.717, 1.165) is 9.25 Å². The van der Waals surface area contributed by atoms with E-state index in [9.17, 15) is 24.4 Å². The van der Waals surface area contributed by atoms with Crippen LogP contribution in [0.4, 0.5) is 0 Å². The van der Waals surface area contributed by atoms with Gasteiger partial charge in [0.25, 0.3) is 11.1 Å². The average molecular weight is 367 g/mol. The summed E-state index contributed by atoms with van der Waals surface area (Å²) >= 11 is 0. The summed E-state index contributed by atoms with van der Waals surface area (Å²) in [5, 5.41) is 11.8. The molecule has 134 valence electrons. The van der Waals surface area contributed by atoms with Crippen molar-refractivity contribution >= 4 is 11.8 Å². The zero-order chi connectivity index (χ0) is 19.3. The third-order valence-corrected chi connectivity index (χ3v) is 3.99. The van der Waals surface area contributed by atoms with Gasteiger partial charge in [0.2, 0.25) is 11.8 Å². The molecule has 1 aliphatic heterocycles. The predicted molar refractivity (Wildman–Crippen MR) is 86.4 cm³/mol. The molecule has 4 rings (SSSR count). The minimum atomic E-state index is -0.833. The van der Waals surface area contributed by atoms with Gasteiger partial charge in [-0.25, -0.2) is 4.98 Å². The molecule has 11 heteroatoms. The third-order valence-electron chi connectivity index (χ3n) is 3.99.